The summed E-state index contributed by atoms with van der Waals surface area (Å²) in [5.74, 6) is -4.87. The molecule has 0 unspecified atom stereocenters. The van der Waals surface area contributed by atoms with E-state index in [1.807, 2.05) is 17.9 Å². The first-order valence-electron chi connectivity index (χ1n) is 11.7. The first-order valence-corrected chi connectivity index (χ1v) is 13.1. The fourth-order valence-electron chi connectivity index (χ4n) is 4.26. The highest BCUT2D eigenvalue weighted by Crippen LogP contribution is 2.30. The number of rotatable bonds is 8. The van der Waals surface area contributed by atoms with Gasteiger partial charge >= 0.3 is 0 Å². The van der Waals surface area contributed by atoms with Crippen molar-refractivity contribution < 1.29 is 31.1 Å². The lowest BCUT2D eigenvalue weighted by atomic mass is 10.0. The van der Waals surface area contributed by atoms with E-state index in [1.54, 1.807) is 48.5 Å². The second-order valence-corrected chi connectivity index (χ2v) is 10.3. The monoisotopic (exact) mass is 533 g/mol. The Morgan fingerprint density at radius 1 is 0.919 bits per heavy atom. The molecule has 1 fully saturated rings. The molecule has 1 saturated heterocycles. The molecule has 3 aromatic rings. The minimum Gasteiger partial charge on any atom is -0.492 e. The lowest BCUT2D eigenvalue weighted by molar-refractivity contribution is -0.122. The smallest absolute Gasteiger partial charge is 0.246 e. The summed E-state index contributed by atoms with van der Waals surface area (Å²) < 4.78 is 73.8. The van der Waals surface area contributed by atoms with E-state index >= 15 is 0 Å². The maximum Gasteiger partial charge on any atom is 0.246 e. The highest BCUT2D eigenvalue weighted by Gasteiger charge is 2.36. The molecular formula is C26H26F3N3O4S. The van der Waals surface area contributed by atoms with Crippen LogP contribution in [0, 0.1) is 17.5 Å². The van der Waals surface area contributed by atoms with Gasteiger partial charge in [0.1, 0.15) is 16.7 Å². The normalized spacial score (nSPS) is 15.8. The Morgan fingerprint density at radius 2 is 1.57 bits per heavy atom. The maximum atomic E-state index is 14.2. The number of hydrogen-bond donors (Lipinski definition) is 1. The van der Waals surface area contributed by atoms with E-state index in [1.165, 1.54) is 0 Å². The molecule has 0 aliphatic carbocycles. The van der Waals surface area contributed by atoms with Crippen LogP contribution in [0.15, 0.2) is 71.6 Å². The second-order valence-electron chi connectivity index (χ2n) is 8.35. The van der Waals surface area contributed by atoms with Gasteiger partial charge in [-0.25, -0.2) is 21.6 Å². The highest BCUT2D eigenvalue weighted by atomic mass is 32.2. The zero-order valence-electron chi connectivity index (χ0n) is 20.0. The number of sulfonamides is 1. The topological polar surface area (TPSA) is 79.0 Å². The third-order valence-corrected chi connectivity index (χ3v) is 7.98. The maximum absolute atomic E-state index is 14.2. The van der Waals surface area contributed by atoms with Gasteiger partial charge in [0, 0.05) is 26.2 Å². The summed E-state index contributed by atoms with van der Waals surface area (Å²) >= 11 is 0. The standard InChI is InChI=1S/C26H26F3N3O4S/c1-2-36-21-11-7-6-10-20(21)30-26(33)25(18-8-4-3-5-9-18)31-14-16-32(17-15-31)37(34,35)22-13-12-19(27)23(28)24(22)29/h3-13,25H,2,14-17H2,1H3,(H,30,33)/t25-/m0/s1. The zero-order chi connectivity index (χ0) is 26.6. The number of hydrogen-bond acceptors (Lipinski definition) is 5. The van der Waals surface area contributed by atoms with Crippen molar-refractivity contribution in [3.8, 4) is 5.75 Å². The number of para-hydroxylation sites is 2. The summed E-state index contributed by atoms with van der Waals surface area (Å²) in [4.78, 5) is 14.4. The van der Waals surface area contributed by atoms with Crippen molar-refractivity contribution in [3.63, 3.8) is 0 Å². The number of ether oxygens (including phenoxy) is 1. The van der Waals surface area contributed by atoms with Gasteiger partial charge < -0.3 is 10.1 Å². The van der Waals surface area contributed by atoms with Gasteiger partial charge in [0.05, 0.1) is 12.3 Å². The van der Waals surface area contributed by atoms with Gasteiger partial charge in [-0.05, 0) is 36.8 Å². The van der Waals surface area contributed by atoms with E-state index in [2.05, 4.69) is 5.32 Å². The van der Waals surface area contributed by atoms with Crippen LogP contribution in [0.1, 0.15) is 18.5 Å². The van der Waals surface area contributed by atoms with Crippen LogP contribution in [0.3, 0.4) is 0 Å². The Bertz CT molecular complexity index is 1360. The van der Waals surface area contributed by atoms with Crippen molar-refractivity contribution in [2.45, 2.75) is 17.9 Å². The predicted octanol–water partition coefficient (Wildman–Crippen LogP) is 4.19. The Hall–Kier alpha value is -3.41. The predicted molar refractivity (Wildman–Crippen MR) is 132 cm³/mol. The van der Waals surface area contributed by atoms with Gasteiger partial charge in [0.2, 0.25) is 15.9 Å². The number of piperazine rings is 1. The number of nitrogens with zero attached hydrogens (tertiary/aromatic N) is 2. The first kappa shape index (κ1) is 26.6. The summed E-state index contributed by atoms with van der Waals surface area (Å²) in [5.41, 5.74) is 1.21. The van der Waals surface area contributed by atoms with Crippen LogP contribution in [0.4, 0.5) is 18.9 Å². The van der Waals surface area contributed by atoms with Crippen molar-refractivity contribution in [2.24, 2.45) is 0 Å². The van der Waals surface area contributed by atoms with E-state index in [-0.39, 0.29) is 32.1 Å². The van der Waals surface area contributed by atoms with Crippen molar-refractivity contribution in [3.05, 3.63) is 89.7 Å². The fraction of sp³-hybridized carbons (Fsp3) is 0.269. The molecule has 1 aliphatic rings. The van der Waals surface area contributed by atoms with E-state index in [4.69, 9.17) is 4.74 Å². The molecule has 0 spiro atoms. The summed E-state index contributed by atoms with van der Waals surface area (Å²) in [7, 11) is -4.42. The Labute approximate surface area is 213 Å². The molecule has 3 aromatic carbocycles. The third-order valence-electron chi connectivity index (χ3n) is 6.06. The molecule has 11 heteroatoms. The highest BCUT2D eigenvalue weighted by molar-refractivity contribution is 7.89. The molecule has 37 heavy (non-hydrogen) atoms. The van der Waals surface area contributed by atoms with Crippen LogP contribution in [0.25, 0.3) is 0 Å². The van der Waals surface area contributed by atoms with Crippen LogP contribution in [0.5, 0.6) is 5.75 Å². The second kappa shape index (κ2) is 11.3. The molecule has 0 saturated carbocycles. The molecule has 1 heterocycles. The van der Waals surface area contributed by atoms with Gasteiger partial charge in [-0.2, -0.15) is 4.31 Å². The van der Waals surface area contributed by atoms with E-state index < -0.39 is 38.4 Å². The van der Waals surface area contributed by atoms with Gasteiger partial charge in [0.25, 0.3) is 0 Å². The third kappa shape index (κ3) is 5.63. The van der Waals surface area contributed by atoms with Crippen molar-refractivity contribution >= 4 is 21.6 Å². The van der Waals surface area contributed by atoms with Crippen LogP contribution in [-0.2, 0) is 14.8 Å². The van der Waals surface area contributed by atoms with Crippen LogP contribution < -0.4 is 10.1 Å². The number of carbonyl (C=O) groups excluding carboxylic acids is 1. The quantitative estimate of drug-likeness (QED) is 0.440. The molecule has 0 radical (unpaired) electrons. The zero-order valence-corrected chi connectivity index (χ0v) is 20.8. The van der Waals surface area contributed by atoms with Crippen molar-refractivity contribution in [1.29, 1.82) is 0 Å². The minimum atomic E-state index is -4.42. The average Bonchev–Trinajstić information content (AvgIpc) is 2.89. The number of anilines is 1. The van der Waals surface area contributed by atoms with Gasteiger partial charge in [0.15, 0.2) is 17.5 Å². The number of benzene rings is 3. The summed E-state index contributed by atoms with van der Waals surface area (Å²) in [6.45, 7) is 2.39. The van der Waals surface area contributed by atoms with Crippen molar-refractivity contribution in [1.82, 2.24) is 9.21 Å². The molecule has 1 amide bonds. The largest absolute Gasteiger partial charge is 0.492 e. The van der Waals surface area contributed by atoms with Crippen LogP contribution in [0.2, 0.25) is 0 Å². The molecule has 0 aromatic heterocycles. The summed E-state index contributed by atoms with van der Waals surface area (Å²) in [5, 5.41) is 2.91. The van der Waals surface area contributed by atoms with E-state index in [0.29, 0.717) is 35.7 Å². The Morgan fingerprint density at radius 3 is 2.24 bits per heavy atom. The molecule has 1 N–H and O–H groups in total. The lowest BCUT2D eigenvalue weighted by Gasteiger charge is -2.38. The first-order chi connectivity index (χ1) is 17.7. The lowest BCUT2D eigenvalue weighted by Crippen LogP contribution is -2.51. The molecule has 1 atom stereocenters. The van der Waals surface area contributed by atoms with Gasteiger partial charge in [-0.3, -0.25) is 9.69 Å². The molecule has 1 aliphatic heterocycles. The van der Waals surface area contributed by atoms with Gasteiger partial charge in [-0.15, -0.1) is 0 Å². The minimum absolute atomic E-state index is 0.0765. The number of nitrogens with one attached hydrogen (secondary N) is 1. The number of carbonyl (C=O) groups is 1. The van der Waals surface area contributed by atoms with E-state index in [9.17, 15) is 26.4 Å². The van der Waals surface area contributed by atoms with Crippen LogP contribution in [-0.4, -0.2) is 56.3 Å². The molecule has 196 valence electrons. The summed E-state index contributed by atoms with van der Waals surface area (Å²) in [6.07, 6.45) is 0. The Kier molecular flexibility index (Phi) is 8.16. The fourth-order valence-corrected chi connectivity index (χ4v) is 5.74. The molecule has 4 rings (SSSR count). The number of amides is 1. The van der Waals surface area contributed by atoms with E-state index in [0.717, 1.165) is 4.31 Å². The molecule has 0 bridgehead atoms. The molecule has 7 nitrogen and oxygen atoms in total. The van der Waals surface area contributed by atoms with Crippen molar-refractivity contribution in [2.75, 3.05) is 38.1 Å². The molecular weight excluding hydrogens is 507 g/mol. The number of halogens is 3. The van der Waals surface area contributed by atoms with Gasteiger partial charge in [-0.1, -0.05) is 42.5 Å². The SMILES string of the molecule is CCOc1ccccc1NC(=O)[C@H](c1ccccc1)N1CCN(S(=O)(=O)c2ccc(F)c(F)c2F)CC1. The summed E-state index contributed by atoms with van der Waals surface area (Å²) in [6, 6.07) is 16.6. The Balaban J connectivity index is 1.55. The van der Waals surface area contributed by atoms with Crippen LogP contribution >= 0.6 is 0 Å². The average molecular weight is 534 g/mol.